The number of ether oxygens (including phenoxy) is 1. The molecule has 0 aliphatic carbocycles. The van der Waals surface area contributed by atoms with Gasteiger partial charge in [0.25, 0.3) is 17.7 Å². The lowest BCUT2D eigenvalue weighted by Crippen LogP contribution is -2.32. The van der Waals surface area contributed by atoms with Gasteiger partial charge in [0.15, 0.2) is 6.61 Å². The molecule has 2 aromatic rings. The van der Waals surface area contributed by atoms with Crippen molar-refractivity contribution < 1.29 is 23.9 Å². The van der Waals surface area contributed by atoms with Gasteiger partial charge in [-0.05, 0) is 42.5 Å². The molecule has 2 rings (SSSR count). The van der Waals surface area contributed by atoms with E-state index in [1.807, 2.05) is 0 Å². The number of rotatable bonds is 7. The molecule has 0 radical (unpaired) electrons. The van der Waals surface area contributed by atoms with Crippen LogP contribution in [0.2, 0.25) is 5.02 Å². The fraction of sp³-hybridized carbons (Fsp3) is 0.158. The standard InChI is InChI=1S/C19H18ClN3O5/c1-21-18(26)13-3-2-4-15(9-13)23-16(24)11-28-17(25)10-22-19(27)12-5-7-14(20)8-6-12/h2-9H,10-11H2,1H3,(H,21,26)(H,22,27)(H,23,24). The van der Waals surface area contributed by atoms with Crippen molar-refractivity contribution in [2.24, 2.45) is 0 Å². The molecule has 3 amide bonds. The van der Waals surface area contributed by atoms with Crippen LogP contribution in [0, 0.1) is 0 Å². The Morgan fingerprint density at radius 1 is 0.964 bits per heavy atom. The Labute approximate surface area is 166 Å². The van der Waals surface area contributed by atoms with Crippen molar-refractivity contribution in [2.45, 2.75) is 0 Å². The maximum Gasteiger partial charge on any atom is 0.325 e. The number of halogens is 1. The minimum Gasteiger partial charge on any atom is -0.454 e. The van der Waals surface area contributed by atoms with Gasteiger partial charge in [0, 0.05) is 28.9 Å². The molecular formula is C19H18ClN3O5. The van der Waals surface area contributed by atoms with E-state index in [1.54, 1.807) is 30.3 Å². The average molecular weight is 404 g/mol. The van der Waals surface area contributed by atoms with E-state index >= 15 is 0 Å². The Balaban J connectivity index is 1.76. The van der Waals surface area contributed by atoms with Crippen LogP contribution in [-0.2, 0) is 14.3 Å². The lowest BCUT2D eigenvalue weighted by Gasteiger charge is -2.08. The summed E-state index contributed by atoms with van der Waals surface area (Å²) in [6.45, 7) is -0.916. The highest BCUT2D eigenvalue weighted by molar-refractivity contribution is 6.30. The van der Waals surface area contributed by atoms with Crippen LogP contribution in [0.4, 0.5) is 5.69 Å². The summed E-state index contributed by atoms with van der Waals surface area (Å²) in [6.07, 6.45) is 0. The predicted molar refractivity (Wildman–Crippen MR) is 103 cm³/mol. The van der Waals surface area contributed by atoms with E-state index in [1.165, 1.54) is 25.2 Å². The van der Waals surface area contributed by atoms with Crippen LogP contribution in [0.15, 0.2) is 48.5 Å². The number of hydrogen-bond acceptors (Lipinski definition) is 5. The first-order valence-corrected chi connectivity index (χ1v) is 8.58. The molecule has 0 heterocycles. The normalized spacial score (nSPS) is 9.93. The van der Waals surface area contributed by atoms with Crippen molar-refractivity contribution in [3.63, 3.8) is 0 Å². The fourth-order valence-electron chi connectivity index (χ4n) is 2.13. The van der Waals surface area contributed by atoms with Gasteiger partial charge in [0.2, 0.25) is 0 Å². The van der Waals surface area contributed by atoms with E-state index < -0.39 is 24.4 Å². The number of amides is 3. The SMILES string of the molecule is CNC(=O)c1cccc(NC(=O)COC(=O)CNC(=O)c2ccc(Cl)cc2)c1. The Morgan fingerprint density at radius 3 is 2.36 bits per heavy atom. The summed E-state index contributed by atoms with van der Waals surface area (Å²) in [5.74, 6) is -2.11. The van der Waals surface area contributed by atoms with Gasteiger partial charge >= 0.3 is 5.97 Å². The third-order valence-corrected chi connectivity index (χ3v) is 3.75. The Morgan fingerprint density at radius 2 is 1.68 bits per heavy atom. The highest BCUT2D eigenvalue weighted by Gasteiger charge is 2.12. The maximum atomic E-state index is 11.9. The number of carbonyl (C=O) groups excluding carboxylic acids is 4. The van der Waals surface area contributed by atoms with Crippen LogP contribution in [0.5, 0.6) is 0 Å². The third-order valence-electron chi connectivity index (χ3n) is 3.50. The van der Waals surface area contributed by atoms with Gasteiger partial charge in [-0.15, -0.1) is 0 Å². The van der Waals surface area contributed by atoms with Crippen LogP contribution in [0.1, 0.15) is 20.7 Å². The van der Waals surface area contributed by atoms with Crippen LogP contribution in [-0.4, -0.2) is 43.9 Å². The zero-order valence-corrected chi connectivity index (χ0v) is 15.7. The molecule has 0 aromatic heterocycles. The summed E-state index contributed by atoms with van der Waals surface area (Å²) in [5.41, 5.74) is 1.10. The summed E-state index contributed by atoms with van der Waals surface area (Å²) in [6, 6.07) is 12.4. The van der Waals surface area contributed by atoms with Gasteiger partial charge in [-0.3, -0.25) is 19.2 Å². The van der Waals surface area contributed by atoms with E-state index in [2.05, 4.69) is 16.0 Å². The second-order valence-electron chi connectivity index (χ2n) is 5.56. The quantitative estimate of drug-likeness (QED) is 0.608. The second kappa shape index (κ2) is 10.1. The zero-order valence-electron chi connectivity index (χ0n) is 15.0. The van der Waals surface area contributed by atoms with E-state index in [4.69, 9.17) is 16.3 Å². The molecule has 0 unspecified atom stereocenters. The van der Waals surface area contributed by atoms with Gasteiger partial charge < -0.3 is 20.7 Å². The first kappa shape index (κ1) is 20.9. The molecular weight excluding hydrogens is 386 g/mol. The highest BCUT2D eigenvalue weighted by atomic mass is 35.5. The smallest absolute Gasteiger partial charge is 0.325 e. The van der Waals surface area contributed by atoms with E-state index in [-0.39, 0.29) is 12.5 Å². The first-order chi connectivity index (χ1) is 13.4. The van der Waals surface area contributed by atoms with Gasteiger partial charge in [0.05, 0.1) is 0 Å². The number of nitrogens with one attached hydrogen (secondary N) is 3. The van der Waals surface area contributed by atoms with E-state index in [9.17, 15) is 19.2 Å². The Bertz CT molecular complexity index is 883. The lowest BCUT2D eigenvalue weighted by atomic mass is 10.2. The zero-order chi connectivity index (χ0) is 20.5. The highest BCUT2D eigenvalue weighted by Crippen LogP contribution is 2.11. The Kier molecular flexibility index (Phi) is 7.53. The molecule has 146 valence electrons. The van der Waals surface area contributed by atoms with Crippen LogP contribution in [0.3, 0.4) is 0 Å². The molecule has 9 heteroatoms. The van der Waals surface area contributed by atoms with E-state index in [0.29, 0.717) is 21.8 Å². The van der Waals surface area contributed by atoms with Gasteiger partial charge in [-0.1, -0.05) is 17.7 Å². The van der Waals surface area contributed by atoms with Gasteiger partial charge in [-0.25, -0.2) is 0 Å². The number of hydrogen-bond donors (Lipinski definition) is 3. The predicted octanol–water partition coefficient (Wildman–Crippen LogP) is 1.61. The molecule has 0 aliphatic rings. The largest absolute Gasteiger partial charge is 0.454 e. The van der Waals surface area contributed by atoms with Crippen molar-refractivity contribution in [3.05, 3.63) is 64.7 Å². The summed E-state index contributed by atoms with van der Waals surface area (Å²) in [5, 5.41) is 7.87. The molecule has 8 nitrogen and oxygen atoms in total. The molecule has 28 heavy (non-hydrogen) atoms. The average Bonchev–Trinajstić information content (AvgIpc) is 2.70. The summed E-state index contributed by atoms with van der Waals surface area (Å²) >= 11 is 5.74. The van der Waals surface area contributed by atoms with Gasteiger partial charge in [0.1, 0.15) is 6.54 Å². The number of benzene rings is 2. The second-order valence-corrected chi connectivity index (χ2v) is 5.99. The van der Waals surface area contributed by atoms with E-state index in [0.717, 1.165) is 0 Å². The van der Waals surface area contributed by atoms with Gasteiger partial charge in [-0.2, -0.15) is 0 Å². The topological polar surface area (TPSA) is 114 Å². The summed E-state index contributed by atoms with van der Waals surface area (Å²) < 4.78 is 4.81. The maximum absolute atomic E-state index is 11.9. The molecule has 0 saturated heterocycles. The monoisotopic (exact) mass is 403 g/mol. The molecule has 0 saturated carbocycles. The number of esters is 1. The van der Waals surface area contributed by atoms with Crippen molar-refractivity contribution in [3.8, 4) is 0 Å². The third kappa shape index (κ3) is 6.40. The van der Waals surface area contributed by atoms with Crippen molar-refractivity contribution >= 4 is 41.0 Å². The first-order valence-electron chi connectivity index (χ1n) is 8.20. The van der Waals surface area contributed by atoms with Crippen molar-refractivity contribution in [1.82, 2.24) is 10.6 Å². The molecule has 0 aliphatic heterocycles. The minimum absolute atomic E-state index is 0.293. The van der Waals surface area contributed by atoms with Crippen LogP contribution in [0.25, 0.3) is 0 Å². The molecule has 0 fully saturated rings. The number of carbonyl (C=O) groups is 4. The fourth-order valence-corrected chi connectivity index (χ4v) is 2.26. The molecule has 0 atom stereocenters. The Hall–Kier alpha value is -3.39. The molecule has 0 bridgehead atoms. The van der Waals surface area contributed by atoms with Crippen molar-refractivity contribution in [1.29, 1.82) is 0 Å². The molecule has 2 aromatic carbocycles. The van der Waals surface area contributed by atoms with Crippen LogP contribution >= 0.6 is 11.6 Å². The minimum atomic E-state index is -0.767. The molecule has 0 spiro atoms. The molecule has 3 N–H and O–H groups in total. The number of anilines is 1. The van der Waals surface area contributed by atoms with Crippen molar-refractivity contribution in [2.75, 3.05) is 25.5 Å². The summed E-state index contributed by atoms with van der Waals surface area (Å²) in [4.78, 5) is 47.0. The summed E-state index contributed by atoms with van der Waals surface area (Å²) in [7, 11) is 1.50. The van der Waals surface area contributed by atoms with Crippen LogP contribution < -0.4 is 16.0 Å². The lowest BCUT2D eigenvalue weighted by molar-refractivity contribution is -0.146.